The average molecular weight is 421 g/mol. The van der Waals surface area contributed by atoms with Gasteiger partial charge in [-0.25, -0.2) is 4.68 Å². The minimum atomic E-state index is -0.234. The van der Waals surface area contributed by atoms with Gasteiger partial charge in [0.2, 0.25) is 5.91 Å². The van der Waals surface area contributed by atoms with Crippen LogP contribution in [0.4, 0.5) is 0 Å². The Bertz CT molecular complexity index is 1250. The number of benzene rings is 1. The van der Waals surface area contributed by atoms with Crippen LogP contribution < -0.4 is 10.9 Å². The standard InChI is InChI=1S/C23H24N4O2S/c1-15-6-8-18(9-7-15)13-26-16(2)20-12-25-27(23(29)22(20)17(26)3)14-21(28)24-11-19-5-4-10-30-19/h4-10,12H,11,13-14H2,1-3H3,(H,24,28). The van der Waals surface area contributed by atoms with E-state index >= 15 is 0 Å². The van der Waals surface area contributed by atoms with E-state index in [0.29, 0.717) is 18.5 Å². The Morgan fingerprint density at radius 1 is 1.10 bits per heavy atom. The van der Waals surface area contributed by atoms with E-state index in [1.54, 1.807) is 17.5 Å². The molecule has 1 N–H and O–H groups in total. The molecule has 0 saturated heterocycles. The summed E-state index contributed by atoms with van der Waals surface area (Å²) in [6, 6.07) is 12.3. The molecule has 7 heteroatoms. The molecule has 0 unspecified atom stereocenters. The topological polar surface area (TPSA) is 68.9 Å². The van der Waals surface area contributed by atoms with Crippen LogP contribution in [0, 0.1) is 20.8 Å². The smallest absolute Gasteiger partial charge is 0.276 e. The van der Waals surface area contributed by atoms with Crippen LogP contribution in [0.1, 0.15) is 27.4 Å². The molecule has 0 radical (unpaired) electrons. The summed E-state index contributed by atoms with van der Waals surface area (Å²) in [5.41, 5.74) is 4.05. The number of carbonyl (C=O) groups is 1. The van der Waals surface area contributed by atoms with Crippen molar-refractivity contribution in [2.45, 2.75) is 40.4 Å². The van der Waals surface area contributed by atoms with E-state index in [1.807, 2.05) is 31.4 Å². The van der Waals surface area contributed by atoms with Gasteiger partial charge in [-0.05, 0) is 37.8 Å². The summed E-state index contributed by atoms with van der Waals surface area (Å²) in [5, 5.41) is 10.5. The Balaban J connectivity index is 1.60. The van der Waals surface area contributed by atoms with Gasteiger partial charge < -0.3 is 9.88 Å². The van der Waals surface area contributed by atoms with E-state index in [1.165, 1.54) is 15.8 Å². The van der Waals surface area contributed by atoms with Gasteiger partial charge in [-0.15, -0.1) is 11.3 Å². The fourth-order valence-electron chi connectivity index (χ4n) is 3.66. The highest BCUT2D eigenvalue weighted by Gasteiger charge is 2.17. The monoisotopic (exact) mass is 420 g/mol. The Hall–Kier alpha value is -3.19. The van der Waals surface area contributed by atoms with Gasteiger partial charge in [0.25, 0.3) is 5.56 Å². The van der Waals surface area contributed by atoms with Crippen molar-refractivity contribution in [1.29, 1.82) is 0 Å². The van der Waals surface area contributed by atoms with E-state index < -0.39 is 0 Å². The first-order valence-corrected chi connectivity index (χ1v) is 10.7. The van der Waals surface area contributed by atoms with Crippen molar-refractivity contribution in [3.8, 4) is 0 Å². The summed E-state index contributed by atoms with van der Waals surface area (Å²) < 4.78 is 3.38. The molecule has 0 fully saturated rings. The predicted molar refractivity (Wildman–Crippen MR) is 120 cm³/mol. The summed E-state index contributed by atoms with van der Waals surface area (Å²) in [6.07, 6.45) is 1.69. The van der Waals surface area contributed by atoms with Crippen LogP contribution in [0.2, 0.25) is 0 Å². The normalized spacial score (nSPS) is 11.2. The van der Waals surface area contributed by atoms with Crippen LogP contribution in [0.3, 0.4) is 0 Å². The number of aryl methyl sites for hydroxylation is 3. The Morgan fingerprint density at radius 3 is 2.57 bits per heavy atom. The van der Waals surface area contributed by atoms with Gasteiger partial charge in [-0.1, -0.05) is 35.9 Å². The van der Waals surface area contributed by atoms with Crippen molar-refractivity contribution in [1.82, 2.24) is 19.7 Å². The summed E-state index contributed by atoms with van der Waals surface area (Å²) >= 11 is 1.58. The zero-order valence-electron chi connectivity index (χ0n) is 17.3. The van der Waals surface area contributed by atoms with E-state index in [0.717, 1.165) is 21.7 Å². The van der Waals surface area contributed by atoms with Gasteiger partial charge in [-0.3, -0.25) is 9.59 Å². The van der Waals surface area contributed by atoms with E-state index in [4.69, 9.17) is 0 Å². The van der Waals surface area contributed by atoms with Crippen molar-refractivity contribution in [3.63, 3.8) is 0 Å². The summed E-state index contributed by atoms with van der Waals surface area (Å²) in [7, 11) is 0. The first-order valence-electron chi connectivity index (χ1n) is 9.84. The molecule has 4 rings (SSSR count). The van der Waals surface area contributed by atoms with Crippen molar-refractivity contribution >= 4 is 28.0 Å². The quantitative estimate of drug-likeness (QED) is 0.519. The molecule has 0 saturated carbocycles. The number of carbonyl (C=O) groups excluding carboxylic acids is 1. The zero-order valence-corrected chi connectivity index (χ0v) is 18.1. The molecule has 3 heterocycles. The van der Waals surface area contributed by atoms with Crippen molar-refractivity contribution in [3.05, 3.63) is 85.7 Å². The number of aromatic nitrogens is 3. The van der Waals surface area contributed by atoms with Crippen LogP contribution in [-0.2, 0) is 24.4 Å². The number of thiophene rings is 1. The van der Waals surface area contributed by atoms with Crippen LogP contribution in [-0.4, -0.2) is 20.3 Å². The minimum absolute atomic E-state index is 0.0955. The molecule has 154 valence electrons. The number of nitrogens with one attached hydrogen (secondary N) is 1. The van der Waals surface area contributed by atoms with Crippen LogP contribution in [0.15, 0.2) is 52.8 Å². The van der Waals surface area contributed by atoms with Gasteiger partial charge in [0, 0.05) is 28.2 Å². The van der Waals surface area contributed by atoms with E-state index in [2.05, 4.69) is 46.2 Å². The second-order valence-electron chi connectivity index (χ2n) is 7.49. The number of amides is 1. The van der Waals surface area contributed by atoms with Crippen LogP contribution >= 0.6 is 11.3 Å². The molecule has 0 bridgehead atoms. The van der Waals surface area contributed by atoms with Gasteiger partial charge >= 0.3 is 0 Å². The zero-order chi connectivity index (χ0) is 21.3. The molecule has 0 aliphatic carbocycles. The lowest BCUT2D eigenvalue weighted by Gasteiger charge is -2.09. The molecule has 6 nitrogen and oxygen atoms in total. The second kappa shape index (κ2) is 8.28. The number of nitrogens with zero attached hydrogens (tertiary/aromatic N) is 3. The number of fused-ring (bicyclic) bond motifs is 1. The van der Waals surface area contributed by atoms with Crippen molar-refractivity contribution in [2.75, 3.05) is 0 Å². The highest BCUT2D eigenvalue weighted by atomic mass is 32.1. The van der Waals surface area contributed by atoms with Gasteiger partial charge in [-0.2, -0.15) is 5.10 Å². The van der Waals surface area contributed by atoms with Gasteiger partial charge in [0.05, 0.1) is 18.1 Å². The number of rotatable bonds is 6. The Labute approximate surface area is 178 Å². The van der Waals surface area contributed by atoms with E-state index in [9.17, 15) is 9.59 Å². The third kappa shape index (κ3) is 3.93. The van der Waals surface area contributed by atoms with Crippen molar-refractivity contribution in [2.24, 2.45) is 0 Å². The maximum absolute atomic E-state index is 13.1. The lowest BCUT2D eigenvalue weighted by atomic mass is 10.1. The van der Waals surface area contributed by atoms with Crippen LogP contribution in [0.5, 0.6) is 0 Å². The average Bonchev–Trinajstić information content (AvgIpc) is 3.33. The molecule has 0 atom stereocenters. The minimum Gasteiger partial charge on any atom is -0.350 e. The predicted octanol–water partition coefficient (Wildman–Crippen LogP) is 3.55. The number of hydrogen-bond donors (Lipinski definition) is 1. The molecule has 0 aliphatic rings. The first kappa shape index (κ1) is 20.1. The molecule has 30 heavy (non-hydrogen) atoms. The highest BCUT2D eigenvalue weighted by Crippen LogP contribution is 2.23. The molecule has 3 aromatic heterocycles. The highest BCUT2D eigenvalue weighted by molar-refractivity contribution is 7.09. The maximum atomic E-state index is 13.1. The fourth-order valence-corrected chi connectivity index (χ4v) is 4.31. The molecule has 0 aliphatic heterocycles. The fraction of sp³-hybridized carbons (Fsp3) is 0.261. The maximum Gasteiger partial charge on any atom is 0.276 e. The third-order valence-electron chi connectivity index (χ3n) is 5.40. The van der Waals surface area contributed by atoms with Gasteiger partial charge in [0.15, 0.2) is 0 Å². The second-order valence-corrected chi connectivity index (χ2v) is 8.53. The largest absolute Gasteiger partial charge is 0.350 e. The molecular weight excluding hydrogens is 396 g/mol. The molecule has 1 aromatic carbocycles. The summed E-state index contributed by atoms with van der Waals surface area (Å²) in [4.78, 5) is 26.5. The SMILES string of the molecule is Cc1ccc(Cn2c(C)c3cnn(CC(=O)NCc4cccs4)c(=O)c3c2C)cc1. The molecular formula is C23H24N4O2S. The Kier molecular flexibility index (Phi) is 5.55. The number of hydrogen-bond acceptors (Lipinski definition) is 4. The first-order chi connectivity index (χ1) is 14.4. The Morgan fingerprint density at radius 2 is 1.87 bits per heavy atom. The lowest BCUT2D eigenvalue weighted by Crippen LogP contribution is -2.33. The van der Waals surface area contributed by atoms with Crippen LogP contribution in [0.25, 0.3) is 10.8 Å². The van der Waals surface area contributed by atoms with Gasteiger partial charge in [0.1, 0.15) is 6.54 Å². The molecule has 1 amide bonds. The lowest BCUT2D eigenvalue weighted by molar-refractivity contribution is -0.122. The molecule has 4 aromatic rings. The summed E-state index contributed by atoms with van der Waals surface area (Å²) in [6.45, 7) is 7.07. The van der Waals surface area contributed by atoms with Crippen molar-refractivity contribution < 1.29 is 4.79 Å². The third-order valence-corrected chi connectivity index (χ3v) is 6.28. The molecule has 0 spiro atoms. The summed E-state index contributed by atoms with van der Waals surface area (Å²) in [5.74, 6) is -0.231. The van der Waals surface area contributed by atoms with E-state index in [-0.39, 0.29) is 18.0 Å².